The van der Waals surface area contributed by atoms with E-state index < -0.39 is 24.6 Å². The largest absolute Gasteiger partial charge is 0.491 e. The summed E-state index contributed by atoms with van der Waals surface area (Å²) in [5.41, 5.74) is -0.220. The van der Waals surface area contributed by atoms with Crippen molar-refractivity contribution in [1.82, 2.24) is 9.80 Å². The Morgan fingerprint density at radius 1 is 1.21 bits per heavy atom. The van der Waals surface area contributed by atoms with Crippen LogP contribution in [0, 0.1) is 5.82 Å². The van der Waals surface area contributed by atoms with Gasteiger partial charge in [-0.2, -0.15) is 0 Å². The number of likely N-dealkylation sites (tertiary alicyclic amines) is 2. The molecule has 1 aromatic carbocycles. The van der Waals surface area contributed by atoms with Crippen molar-refractivity contribution in [1.29, 1.82) is 0 Å². The smallest absolute Gasteiger partial charge is 0.423 e. The van der Waals surface area contributed by atoms with Crippen molar-refractivity contribution < 1.29 is 24.3 Å². The van der Waals surface area contributed by atoms with Crippen LogP contribution in [-0.4, -0.2) is 68.8 Å². The zero-order valence-electron chi connectivity index (χ0n) is 16.1. The van der Waals surface area contributed by atoms with E-state index in [0.29, 0.717) is 37.5 Å². The molecular formula is C20H28BFN2O4. The number of β-amino-alcohol motifs (C(OH)–C–C–N with tert-alkyl or cyclic N) is 1. The van der Waals surface area contributed by atoms with Crippen LogP contribution in [0.25, 0.3) is 0 Å². The molecule has 2 aliphatic heterocycles. The quantitative estimate of drug-likeness (QED) is 0.648. The number of benzene rings is 1. The molecule has 0 radical (unpaired) electrons. The van der Waals surface area contributed by atoms with E-state index in [1.807, 2.05) is 9.80 Å². The average Bonchev–Trinajstić information content (AvgIpc) is 3.15. The Labute approximate surface area is 165 Å². The molecule has 1 aromatic rings. The lowest BCUT2D eigenvalue weighted by Crippen LogP contribution is -2.51. The second-order valence-corrected chi connectivity index (χ2v) is 8.54. The third kappa shape index (κ3) is 3.47. The molecule has 1 amide bonds. The average molecular weight is 390 g/mol. The lowest BCUT2D eigenvalue weighted by Gasteiger charge is -2.36. The Kier molecular flexibility index (Phi) is 5.48. The lowest BCUT2D eigenvalue weighted by atomic mass is 9.79. The maximum Gasteiger partial charge on any atom is 0.491 e. The van der Waals surface area contributed by atoms with Gasteiger partial charge < -0.3 is 20.1 Å². The van der Waals surface area contributed by atoms with Crippen LogP contribution >= 0.6 is 0 Å². The van der Waals surface area contributed by atoms with Crippen molar-refractivity contribution in [2.45, 2.75) is 69.2 Å². The van der Waals surface area contributed by atoms with Crippen molar-refractivity contribution in [3.63, 3.8) is 0 Å². The van der Waals surface area contributed by atoms with Gasteiger partial charge in [-0.25, -0.2) is 4.39 Å². The molecule has 28 heavy (non-hydrogen) atoms. The molecule has 2 atom stereocenters. The minimum absolute atomic E-state index is 0.110. The second kappa shape index (κ2) is 7.74. The molecule has 1 saturated carbocycles. The number of amides is 1. The van der Waals surface area contributed by atoms with E-state index in [9.17, 15) is 24.3 Å². The molecule has 1 spiro atoms. The van der Waals surface area contributed by atoms with Crippen LogP contribution in [0.3, 0.4) is 0 Å². The van der Waals surface area contributed by atoms with Gasteiger partial charge in [0.25, 0.3) is 0 Å². The fourth-order valence-electron chi connectivity index (χ4n) is 5.33. The third-order valence-electron chi connectivity index (χ3n) is 6.77. The summed E-state index contributed by atoms with van der Waals surface area (Å²) in [5, 5.41) is 28.7. The van der Waals surface area contributed by atoms with Crippen molar-refractivity contribution in [3.8, 4) is 0 Å². The summed E-state index contributed by atoms with van der Waals surface area (Å²) in [5.74, 6) is -0.568. The van der Waals surface area contributed by atoms with Crippen molar-refractivity contribution in [3.05, 3.63) is 29.6 Å². The zero-order chi connectivity index (χ0) is 19.9. The van der Waals surface area contributed by atoms with Crippen LogP contribution in [0.15, 0.2) is 18.2 Å². The fraction of sp³-hybridized carbons (Fsp3) is 0.650. The summed E-state index contributed by atoms with van der Waals surface area (Å²) in [6.07, 6.45) is 6.21. The Balaban J connectivity index is 1.54. The molecule has 152 valence electrons. The van der Waals surface area contributed by atoms with Gasteiger partial charge in [-0.3, -0.25) is 9.69 Å². The lowest BCUT2D eigenvalue weighted by molar-refractivity contribution is -0.139. The van der Waals surface area contributed by atoms with Gasteiger partial charge in [-0.15, -0.1) is 0 Å². The molecule has 2 heterocycles. The van der Waals surface area contributed by atoms with Gasteiger partial charge in [0.15, 0.2) is 0 Å². The van der Waals surface area contributed by atoms with E-state index >= 15 is 0 Å². The first kappa shape index (κ1) is 19.8. The van der Waals surface area contributed by atoms with E-state index in [1.54, 1.807) is 6.07 Å². The van der Waals surface area contributed by atoms with Gasteiger partial charge in [-0.1, -0.05) is 31.4 Å². The number of aliphatic hydroxyl groups is 1. The fourth-order valence-corrected chi connectivity index (χ4v) is 5.33. The number of nitrogens with zero attached hydrogens (tertiary/aromatic N) is 2. The normalized spacial score (nSPS) is 29.2. The van der Waals surface area contributed by atoms with E-state index in [-0.39, 0.29) is 11.4 Å². The molecule has 3 aliphatic rings. The molecule has 4 rings (SSSR count). The monoisotopic (exact) mass is 390 g/mol. The molecule has 2 saturated heterocycles. The Morgan fingerprint density at radius 2 is 1.96 bits per heavy atom. The molecule has 8 heteroatoms. The maximum absolute atomic E-state index is 14.1. The number of rotatable bonds is 4. The van der Waals surface area contributed by atoms with Crippen LogP contribution in [0.4, 0.5) is 4.39 Å². The predicted molar refractivity (Wildman–Crippen MR) is 103 cm³/mol. The third-order valence-corrected chi connectivity index (χ3v) is 6.77. The molecule has 0 bridgehead atoms. The highest BCUT2D eigenvalue weighted by molar-refractivity contribution is 6.58. The SMILES string of the molecule is O=C1N(C2CCCCC2)CCC12C[C@@H](O)CN2Cc1ccc(B(O)O)c(F)c1. The molecule has 1 unspecified atom stereocenters. The van der Waals surface area contributed by atoms with Gasteiger partial charge in [0.1, 0.15) is 11.4 Å². The maximum atomic E-state index is 14.1. The zero-order valence-corrected chi connectivity index (χ0v) is 16.1. The van der Waals surface area contributed by atoms with Gasteiger partial charge in [0.2, 0.25) is 5.91 Å². The highest BCUT2D eigenvalue weighted by Crippen LogP contribution is 2.42. The van der Waals surface area contributed by atoms with Crippen LogP contribution in [0.5, 0.6) is 0 Å². The van der Waals surface area contributed by atoms with Gasteiger partial charge >= 0.3 is 7.12 Å². The minimum Gasteiger partial charge on any atom is -0.423 e. The summed E-state index contributed by atoms with van der Waals surface area (Å²) >= 11 is 0. The molecule has 0 aromatic heterocycles. The summed E-state index contributed by atoms with van der Waals surface area (Å²) < 4.78 is 14.1. The number of hydrogen-bond acceptors (Lipinski definition) is 5. The molecular weight excluding hydrogens is 362 g/mol. The first-order chi connectivity index (χ1) is 13.4. The minimum atomic E-state index is -1.85. The van der Waals surface area contributed by atoms with Crippen molar-refractivity contribution in [2.24, 2.45) is 0 Å². The second-order valence-electron chi connectivity index (χ2n) is 8.54. The molecule has 3 N–H and O–H groups in total. The van der Waals surface area contributed by atoms with Crippen molar-refractivity contribution >= 4 is 18.5 Å². The van der Waals surface area contributed by atoms with E-state index in [2.05, 4.69) is 0 Å². The standard InChI is InChI=1S/C20H28BFN2O4/c22-18-10-14(6-7-17(18)21(27)28)12-23-13-16(25)11-20(23)8-9-24(19(20)26)15-4-2-1-3-5-15/h6-7,10,15-16,25,27-28H,1-5,8-9,11-13H2/t16-,20?/m1/s1. The first-order valence-corrected chi connectivity index (χ1v) is 10.3. The van der Waals surface area contributed by atoms with Crippen LogP contribution in [0.1, 0.15) is 50.5 Å². The van der Waals surface area contributed by atoms with E-state index in [4.69, 9.17) is 0 Å². The van der Waals surface area contributed by atoms with Crippen LogP contribution in [0.2, 0.25) is 0 Å². The summed E-state index contributed by atoms with van der Waals surface area (Å²) in [7, 11) is -1.85. The van der Waals surface area contributed by atoms with Crippen LogP contribution in [-0.2, 0) is 11.3 Å². The first-order valence-electron chi connectivity index (χ1n) is 10.3. The number of carbonyl (C=O) groups is 1. The molecule has 1 aliphatic carbocycles. The van der Waals surface area contributed by atoms with E-state index in [1.165, 1.54) is 18.6 Å². The number of halogens is 1. The van der Waals surface area contributed by atoms with E-state index in [0.717, 1.165) is 32.2 Å². The highest BCUT2D eigenvalue weighted by Gasteiger charge is 2.56. The summed E-state index contributed by atoms with van der Waals surface area (Å²) in [6.45, 7) is 1.45. The Hall–Kier alpha value is -1.48. The topological polar surface area (TPSA) is 84.2 Å². The summed E-state index contributed by atoms with van der Waals surface area (Å²) in [4.78, 5) is 17.4. The van der Waals surface area contributed by atoms with Crippen molar-refractivity contribution in [2.75, 3.05) is 13.1 Å². The molecule has 3 fully saturated rings. The Bertz CT molecular complexity index is 743. The Morgan fingerprint density at radius 3 is 2.64 bits per heavy atom. The summed E-state index contributed by atoms with van der Waals surface area (Å²) in [6, 6.07) is 4.60. The van der Waals surface area contributed by atoms with Crippen LogP contribution < -0.4 is 5.46 Å². The predicted octanol–water partition coefficient (Wildman–Crippen LogP) is 0.376. The number of hydrogen-bond donors (Lipinski definition) is 3. The number of carbonyl (C=O) groups excluding carboxylic acids is 1. The molecule has 6 nitrogen and oxygen atoms in total. The number of aliphatic hydroxyl groups excluding tert-OH is 1. The van der Waals surface area contributed by atoms with Gasteiger partial charge in [-0.05, 0) is 30.9 Å². The van der Waals surface area contributed by atoms with Gasteiger partial charge in [0.05, 0.1) is 6.10 Å². The highest BCUT2D eigenvalue weighted by atomic mass is 19.1. The van der Waals surface area contributed by atoms with Gasteiger partial charge in [0, 0.05) is 37.6 Å².